The standard InChI is InChI=1S/C28H31F3O2/c1-3-5-17-33-26-16-14-22(18-24(26)29)20-10-7-19(8-11-20)9-12-21-13-15-23(25(32)6-4-2)28(31)27(21)30/h3,13-16,18-20,25,32H,1,4-8,10-11,17H2,2H3. The topological polar surface area (TPSA) is 29.5 Å². The van der Waals surface area contributed by atoms with Crippen molar-refractivity contribution in [2.75, 3.05) is 6.61 Å². The van der Waals surface area contributed by atoms with Gasteiger partial charge in [0.25, 0.3) is 0 Å². The van der Waals surface area contributed by atoms with Crippen molar-refractivity contribution in [1.82, 2.24) is 0 Å². The van der Waals surface area contributed by atoms with Gasteiger partial charge in [-0.2, -0.15) is 0 Å². The number of hydrogen-bond donors (Lipinski definition) is 1. The second kappa shape index (κ2) is 12.0. The molecule has 2 aromatic carbocycles. The van der Waals surface area contributed by atoms with Crippen LogP contribution in [0.25, 0.3) is 0 Å². The minimum Gasteiger partial charge on any atom is -0.490 e. The van der Waals surface area contributed by atoms with Gasteiger partial charge in [0.1, 0.15) is 0 Å². The highest BCUT2D eigenvalue weighted by Crippen LogP contribution is 2.37. The third-order valence-corrected chi connectivity index (χ3v) is 6.18. The highest BCUT2D eigenvalue weighted by Gasteiger charge is 2.23. The quantitative estimate of drug-likeness (QED) is 0.258. The smallest absolute Gasteiger partial charge is 0.174 e. The van der Waals surface area contributed by atoms with E-state index in [1.165, 1.54) is 12.1 Å². The second-order valence-corrected chi connectivity index (χ2v) is 8.57. The fourth-order valence-electron chi connectivity index (χ4n) is 4.24. The molecule has 1 fully saturated rings. The summed E-state index contributed by atoms with van der Waals surface area (Å²) in [5.74, 6) is 4.06. The number of benzene rings is 2. The molecule has 1 aliphatic carbocycles. The molecular formula is C28H31F3O2. The third kappa shape index (κ3) is 6.42. The Morgan fingerprint density at radius 1 is 1.12 bits per heavy atom. The molecule has 0 aromatic heterocycles. The maximum Gasteiger partial charge on any atom is 0.174 e. The number of rotatable bonds is 8. The summed E-state index contributed by atoms with van der Waals surface area (Å²) in [5.41, 5.74) is 0.935. The van der Waals surface area contributed by atoms with E-state index in [9.17, 15) is 18.3 Å². The van der Waals surface area contributed by atoms with Gasteiger partial charge in [0.2, 0.25) is 0 Å². The number of aliphatic hydroxyl groups excluding tert-OH is 1. The van der Waals surface area contributed by atoms with E-state index in [1.807, 2.05) is 13.0 Å². The van der Waals surface area contributed by atoms with Crippen LogP contribution in [0.1, 0.15) is 80.6 Å². The Labute approximate surface area is 194 Å². The van der Waals surface area contributed by atoms with E-state index in [1.54, 1.807) is 18.2 Å². The zero-order chi connectivity index (χ0) is 23.8. The Kier molecular flexibility index (Phi) is 9.03. The molecule has 1 unspecified atom stereocenters. The number of hydrogen-bond acceptors (Lipinski definition) is 2. The molecular weight excluding hydrogens is 425 g/mol. The van der Waals surface area contributed by atoms with Gasteiger partial charge < -0.3 is 9.84 Å². The van der Waals surface area contributed by atoms with Gasteiger partial charge in [-0.05, 0) is 68.2 Å². The molecule has 1 N–H and O–H groups in total. The molecule has 0 spiro atoms. The summed E-state index contributed by atoms with van der Waals surface area (Å²) >= 11 is 0. The Bertz CT molecular complexity index is 1010. The van der Waals surface area contributed by atoms with Crippen LogP contribution in [0.15, 0.2) is 43.0 Å². The van der Waals surface area contributed by atoms with Crippen molar-refractivity contribution in [2.24, 2.45) is 5.92 Å². The SMILES string of the molecule is C=CCCOc1ccc(C2CCC(C#Cc3ccc(C(O)CCC)c(F)c3F)CC2)cc1F. The van der Waals surface area contributed by atoms with Crippen LogP contribution in [0.5, 0.6) is 5.75 Å². The fourth-order valence-corrected chi connectivity index (χ4v) is 4.24. The Morgan fingerprint density at radius 3 is 2.55 bits per heavy atom. The van der Waals surface area contributed by atoms with Crippen LogP contribution in [0.2, 0.25) is 0 Å². The molecule has 0 amide bonds. The lowest BCUT2D eigenvalue weighted by Crippen LogP contribution is -2.12. The average molecular weight is 457 g/mol. The highest BCUT2D eigenvalue weighted by atomic mass is 19.2. The van der Waals surface area contributed by atoms with Gasteiger partial charge in [0.05, 0.1) is 18.3 Å². The van der Waals surface area contributed by atoms with Gasteiger partial charge in [-0.25, -0.2) is 13.2 Å². The van der Waals surface area contributed by atoms with Crippen LogP contribution in [0.3, 0.4) is 0 Å². The summed E-state index contributed by atoms with van der Waals surface area (Å²) in [7, 11) is 0. The fraction of sp³-hybridized carbons (Fsp3) is 0.429. The zero-order valence-electron chi connectivity index (χ0n) is 19.0. The van der Waals surface area contributed by atoms with Crippen LogP contribution < -0.4 is 4.74 Å². The van der Waals surface area contributed by atoms with Crippen molar-refractivity contribution in [3.8, 4) is 17.6 Å². The van der Waals surface area contributed by atoms with Crippen molar-refractivity contribution in [1.29, 1.82) is 0 Å². The first kappa shape index (κ1) is 24.9. The van der Waals surface area contributed by atoms with Gasteiger partial charge in [-0.1, -0.05) is 43.4 Å². The van der Waals surface area contributed by atoms with E-state index < -0.39 is 17.7 Å². The van der Waals surface area contributed by atoms with Crippen molar-refractivity contribution in [2.45, 2.75) is 63.9 Å². The first-order chi connectivity index (χ1) is 15.9. The van der Waals surface area contributed by atoms with Crippen LogP contribution in [-0.4, -0.2) is 11.7 Å². The third-order valence-electron chi connectivity index (χ3n) is 6.18. The number of halogens is 3. The monoisotopic (exact) mass is 456 g/mol. The van der Waals surface area contributed by atoms with Gasteiger partial charge in [-0.3, -0.25) is 0 Å². The van der Waals surface area contributed by atoms with Gasteiger partial charge in [0.15, 0.2) is 23.2 Å². The molecule has 0 radical (unpaired) electrons. The lowest BCUT2D eigenvalue weighted by molar-refractivity contribution is 0.160. The summed E-state index contributed by atoms with van der Waals surface area (Å²) in [6.45, 7) is 5.89. The molecule has 1 atom stereocenters. The van der Waals surface area contributed by atoms with Crippen molar-refractivity contribution in [3.63, 3.8) is 0 Å². The Morgan fingerprint density at radius 2 is 1.88 bits per heavy atom. The van der Waals surface area contributed by atoms with Gasteiger partial charge >= 0.3 is 0 Å². The summed E-state index contributed by atoms with van der Waals surface area (Å²) in [6.07, 6.45) is 5.76. The molecule has 176 valence electrons. The Balaban J connectivity index is 1.60. The minimum atomic E-state index is -1.02. The van der Waals surface area contributed by atoms with E-state index in [0.717, 1.165) is 31.2 Å². The summed E-state index contributed by atoms with van der Waals surface area (Å²) < 4.78 is 48.6. The van der Waals surface area contributed by atoms with E-state index in [2.05, 4.69) is 18.4 Å². The van der Waals surface area contributed by atoms with Crippen LogP contribution >= 0.6 is 0 Å². The molecule has 1 saturated carbocycles. The van der Waals surface area contributed by atoms with Crippen LogP contribution in [0, 0.1) is 35.2 Å². The molecule has 0 saturated heterocycles. The molecule has 5 heteroatoms. The average Bonchev–Trinajstić information content (AvgIpc) is 2.81. The molecule has 2 aromatic rings. The largest absolute Gasteiger partial charge is 0.490 e. The van der Waals surface area contributed by atoms with E-state index in [-0.39, 0.29) is 34.5 Å². The normalized spacial score (nSPS) is 18.8. The second-order valence-electron chi connectivity index (χ2n) is 8.57. The molecule has 3 rings (SSSR count). The van der Waals surface area contributed by atoms with E-state index >= 15 is 0 Å². The first-order valence-electron chi connectivity index (χ1n) is 11.6. The Hall–Kier alpha value is -2.71. The predicted octanol–water partition coefficient (Wildman–Crippen LogP) is 7.22. The van der Waals surface area contributed by atoms with Crippen molar-refractivity contribution >= 4 is 0 Å². The predicted molar refractivity (Wildman–Crippen MR) is 125 cm³/mol. The molecule has 0 aliphatic heterocycles. The lowest BCUT2D eigenvalue weighted by atomic mass is 9.79. The van der Waals surface area contributed by atoms with Crippen LogP contribution in [-0.2, 0) is 0 Å². The lowest BCUT2D eigenvalue weighted by Gasteiger charge is -2.26. The van der Waals surface area contributed by atoms with Crippen molar-refractivity contribution in [3.05, 3.63) is 77.1 Å². The van der Waals surface area contributed by atoms with E-state index in [4.69, 9.17) is 4.74 Å². The summed E-state index contributed by atoms with van der Waals surface area (Å²) in [5, 5.41) is 9.97. The van der Waals surface area contributed by atoms with Gasteiger partial charge in [-0.15, -0.1) is 6.58 Å². The van der Waals surface area contributed by atoms with Gasteiger partial charge in [0, 0.05) is 11.5 Å². The molecule has 0 bridgehead atoms. The minimum absolute atomic E-state index is 0.0104. The zero-order valence-corrected chi connectivity index (χ0v) is 19.0. The molecule has 0 heterocycles. The number of aliphatic hydroxyl groups is 1. The highest BCUT2D eigenvalue weighted by molar-refractivity contribution is 5.40. The maximum absolute atomic E-state index is 14.4. The molecule has 2 nitrogen and oxygen atoms in total. The molecule has 33 heavy (non-hydrogen) atoms. The van der Waals surface area contributed by atoms with Crippen LogP contribution in [0.4, 0.5) is 13.2 Å². The first-order valence-corrected chi connectivity index (χ1v) is 11.6. The summed E-state index contributed by atoms with van der Waals surface area (Å²) in [6, 6.07) is 7.99. The summed E-state index contributed by atoms with van der Waals surface area (Å²) in [4.78, 5) is 0. The number of ether oxygens (including phenoxy) is 1. The van der Waals surface area contributed by atoms with Crippen molar-refractivity contribution < 1.29 is 23.0 Å². The molecule has 1 aliphatic rings. The maximum atomic E-state index is 14.4. The van der Waals surface area contributed by atoms with E-state index in [0.29, 0.717) is 25.9 Å².